The highest BCUT2D eigenvalue weighted by molar-refractivity contribution is 5.68. The van der Waals surface area contributed by atoms with Gasteiger partial charge in [-0.15, -0.1) is 0 Å². The molecular weight excluding hydrogens is 248 g/mol. The lowest BCUT2D eigenvalue weighted by molar-refractivity contribution is 0.509. The molecule has 0 atom stereocenters. The van der Waals surface area contributed by atoms with Gasteiger partial charge in [-0.25, -0.2) is 8.78 Å². The van der Waals surface area contributed by atoms with Gasteiger partial charge in [0.05, 0.1) is 5.69 Å². The zero-order valence-electron chi connectivity index (χ0n) is 11.2. The first kappa shape index (κ1) is 13.5. The Morgan fingerprint density at radius 2 is 1.95 bits per heavy atom. The molecule has 2 rings (SSSR count). The lowest BCUT2D eigenvalue weighted by Gasteiger charge is -2.07. The number of anilines is 1. The zero-order chi connectivity index (χ0) is 14.2. The third-order valence-electron chi connectivity index (χ3n) is 3.00. The van der Waals surface area contributed by atoms with E-state index in [4.69, 9.17) is 5.73 Å². The second-order valence-corrected chi connectivity index (χ2v) is 5.06. The molecule has 0 radical (unpaired) electrons. The van der Waals surface area contributed by atoms with E-state index in [2.05, 4.69) is 18.9 Å². The lowest BCUT2D eigenvalue weighted by Crippen LogP contribution is -2.02. The third-order valence-corrected chi connectivity index (χ3v) is 3.00. The fraction of sp³-hybridized carbons (Fsp3) is 0.357. The predicted molar refractivity (Wildman–Crippen MR) is 71.5 cm³/mol. The van der Waals surface area contributed by atoms with Gasteiger partial charge in [0.1, 0.15) is 5.82 Å². The van der Waals surface area contributed by atoms with Crippen LogP contribution in [0.15, 0.2) is 18.2 Å². The molecule has 0 amide bonds. The summed E-state index contributed by atoms with van der Waals surface area (Å²) in [4.78, 5) is 0. The number of benzene rings is 1. The monoisotopic (exact) mass is 265 g/mol. The quantitative estimate of drug-likeness (QED) is 0.926. The van der Waals surface area contributed by atoms with Gasteiger partial charge < -0.3 is 5.73 Å². The van der Waals surface area contributed by atoms with Gasteiger partial charge in [0.25, 0.3) is 0 Å². The van der Waals surface area contributed by atoms with Crippen molar-refractivity contribution in [3.05, 3.63) is 35.4 Å². The van der Waals surface area contributed by atoms with Gasteiger partial charge in [-0.1, -0.05) is 13.8 Å². The van der Waals surface area contributed by atoms with Crippen LogP contribution in [0.5, 0.6) is 0 Å². The number of nitrogens with two attached hydrogens (primary N) is 1. The van der Waals surface area contributed by atoms with Crippen LogP contribution in [0.25, 0.3) is 11.3 Å². The van der Waals surface area contributed by atoms with Crippen LogP contribution in [0.4, 0.5) is 14.6 Å². The molecule has 0 saturated heterocycles. The maximum atomic E-state index is 13.3. The van der Waals surface area contributed by atoms with Crippen LogP contribution >= 0.6 is 0 Å². The minimum absolute atomic E-state index is 0.399. The highest BCUT2D eigenvalue weighted by Gasteiger charge is 2.17. The van der Waals surface area contributed by atoms with Crippen molar-refractivity contribution >= 4 is 5.82 Å². The zero-order valence-corrected chi connectivity index (χ0v) is 11.2. The van der Waals surface area contributed by atoms with Gasteiger partial charge in [-0.2, -0.15) is 5.10 Å². The minimum Gasteiger partial charge on any atom is -0.384 e. The number of nitrogen functional groups attached to an aromatic ring is 1. The summed E-state index contributed by atoms with van der Waals surface area (Å²) in [5.74, 6) is -0.778. The van der Waals surface area contributed by atoms with Crippen molar-refractivity contribution in [3.8, 4) is 11.3 Å². The molecule has 0 aliphatic rings. The number of nitrogens with zero attached hydrogens (tertiary/aromatic N) is 2. The largest absolute Gasteiger partial charge is 0.384 e. The topological polar surface area (TPSA) is 43.8 Å². The Labute approximate surface area is 111 Å². The molecule has 3 nitrogen and oxygen atoms in total. The average Bonchev–Trinajstić information content (AvgIpc) is 2.60. The standard InChI is InChI=1S/C14H17F2N3/c1-8(2)6-10-13(18-19(3)14(10)17)9-4-5-11(15)12(16)7-9/h4-5,7-8H,6,17H2,1-3H3. The van der Waals surface area contributed by atoms with Crippen molar-refractivity contribution in [3.63, 3.8) is 0 Å². The van der Waals surface area contributed by atoms with Gasteiger partial charge in [0, 0.05) is 18.2 Å². The van der Waals surface area contributed by atoms with Crippen molar-refractivity contribution in [1.29, 1.82) is 0 Å². The SMILES string of the molecule is CC(C)Cc1c(-c2ccc(F)c(F)c2)nn(C)c1N. The molecule has 0 fully saturated rings. The predicted octanol–water partition coefficient (Wildman–Crippen LogP) is 3.15. The number of rotatable bonds is 3. The van der Waals surface area contributed by atoms with E-state index in [1.165, 1.54) is 6.07 Å². The van der Waals surface area contributed by atoms with Crippen LogP contribution in [0.3, 0.4) is 0 Å². The molecule has 0 unspecified atom stereocenters. The van der Waals surface area contributed by atoms with Gasteiger partial charge in [0.15, 0.2) is 11.6 Å². The first-order chi connectivity index (χ1) is 8.90. The summed E-state index contributed by atoms with van der Waals surface area (Å²) in [6.07, 6.45) is 0.744. The molecule has 0 aliphatic heterocycles. The number of aryl methyl sites for hydroxylation is 1. The van der Waals surface area contributed by atoms with Crippen LogP contribution in [0.1, 0.15) is 19.4 Å². The van der Waals surface area contributed by atoms with E-state index in [0.29, 0.717) is 23.0 Å². The highest BCUT2D eigenvalue weighted by atomic mass is 19.2. The van der Waals surface area contributed by atoms with Crippen LogP contribution < -0.4 is 5.73 Å². The Morgan fingerprint density at radius 1 is 1.26 bits per heavy atom. The van der Waals surface area contributed by atoms with Crippen molar-refractivity contribution in [2.45, 2.75) is 20.3 Å². The van der Waals surface area contributed by atoms with Gasteiger partial charge in [-0.3, -0.25) is 4.68 Å². The molecule has 1 heterocycles. The Bertz CT molecular complexity index is 603. The van der Waals surface area contributed by atoms with Crippen molar-refractivity contribution in [2.75, 3.05) is 5.73 Å². The molecule has 5 heteroatoms. The molecule has 0 saturated carbocycles. The van der Waals surface area contributed by atoms with E-state index >= 15 is 0 Å². The highest BCUT2D eigenvalue weighted by Crippen LogP contribution is 2.29. The van der Waals surface area contributed by atoms with E-state index in [-0.39, 0.29) is 0 Å². The maximum absolute atomic E-state index is 13.3. The molecule has 0 spiro atoms. The van der Waals surface area contributed by atoms with Gasteiger partial charge in [-0.05, 0) is 30.5 Å². The fourth-order valence-corrected chi connectivity index (χ4v) is 2.07. The summed E-state index contributed by atoms with van der Waals surface area (Å²) in [6.45, 7) is 4.14. The maximum Gasteiger partial charge on any atom is 0.159 e. The van der Waals surface area contributed by atoms with E-state index < -0.39 is 11.6 Å². The summed E-state index contributed by atoms with van der Waals surface area (Å²) < 4.78 is 27.9. The normalized spacial score (nSPS) is 11.3. The number of hydrogen-bond acceptors (Lipinski definition) is 2. The van der Waals surface area contributed by atoms with E-state index in [0.717, 1.165) is 24.1 Å². The van der Waals surface area contributed by atoms with E-state index in [9.17, 15) is 8.78 Å². The first-order valence-corrected chi connectivity index (χ1v) is 6.17. The molecule has 0 bridgehead atoms. The van der Waals surface area contributed by atoms with Gasteiger partial charge >= 0.3 is 0 Å². The Morgan fingerprint density at radius 3 is 2.53 bits per heavy atom. The molecule has 2 N–H and O–H groups in total. The molecule has 102 valence electrons. The van der Waals surface area contributed by atoms with Crippen LogP contribution in [-0.2, 0) is 13.5 Å². The summed E-state index contributed by atoms with van der Waals surface area (Å²) >= 11 is 0. The summed E-state index contributed by atoms with van der Waals surface area (Å²) in [5, 5.41) is 4.31. The summed E-state index contributed by atoms with van der Waals surface area (Å²) in [7, 11) is 1.74. The van der Waals surface area contributed by atoms with Crippen LogP contribution in [0.2, 0.25) is 0 Å². The van der Waals surface area contributed by atoms with Crippen molar-refractivity contribution in [2.24, 2.45) is 13.0 Å². The second kappa shape index (κ2) is 4.99. The lowest BCUT2D eigenvalue weighted by atomic mass is 9.99. The number of hydrogen-bond donors (Lipinski definition) is 1. The smallest absolute Gasteiger partial charge is 0.159 e. The Balaban J connectivity index is 2.54. The number of halogens is 2. The third kappa shape index (κ3) is 2.59. The van der Waals surface area contributed by atoms with E-state index in [1.807, 2.05) is 0 Å². The first-order valence-electron chi connectivity index (χ1n) is 6.17. The molecule has 2 aromatic rings. The van der Waals surface area contributed by atoms with Crippen LogP contribution in [-0.4, -0.2) is 9.78 Å². The second-order valence-electron chi connectivity index (χ2n) is 5.06. The Kier molecular flexibility index (Phi) is 3.55. The van der Waals surface area contributed by atoms with Crippen LogP contribution in [0, 0.1) is 17.6 Å². The van der Waals surface area contributed by atoms with Crippen molar-refractivity contribution in [1.82, 2.24) is 9.78 Å². The van der Waals surface area contributed by atoms with Gasteiger partial charge in [0.2, 0.25) is 0 Å². The fourth-order valence-electron chi connectivity index (χ4n) is 2.07. The minimum atomic E-state index is -0.878. The molecule has 1 aromatic heterocycles. The molecule has 0 aliphatic carbocycles. The Hall–Kier alpha value is -1.91. The molecular formula is C14H17F2N3. The molecule has 1 aromatic carbocycles. The van der Waals surface area contributed by atoms with E-state index in [1.54, 1.807) is 11.7 Å². The number of aromatic nitrogens is 2. The van der Waals surface area contributed by atoms with Crippen molar-refractivity contribution < 1.29 is 8.78 Å². The summed E-state index contributed by atoms with van der Waals surface area (Å²) in [5.41, 5.74) is 8.03. The average molecular weight is 265 g/mol. The summed E-state index contributed by atoms with van der Waals surface area (Å²) in [6, 6.07) is 3.78. The molecule has 19 heavy (non-hydrogen) atoms.